The van der Waals surface area contributed by atoms with Crippen molar-refractivity contribution in [2.24, 2.45) is 0 Å². The van der Waals surface area contributed by atoms with Gasteiger partial charge in [0.1, 0.15) is 34.7 Å². The Morgan fingerprint density at radius 3 is 2.07 bits per heavy atom. The molecule has 6 rings (SSSR count). The highest BCUT2D eigenvalue weighted by molar-refractivity contribution is 5.50. The van der Waals surface area contributed by atoms with Gasteiger partial charge in [0.25, 0.3) is 0 Å². The number of nitrogens with zero attached hydrogens (tertiary/aromatic N) is 3. The monoisotopic (exact) mass is 579 g/mol. The van der Waals surface area contributed by atoms with E-state index >= 15 is 0 Å². The molecule has 0 amide bonds. The van der Waals surface area contributed by atoms with Crippen LogP contribution < -0.4 is 15.2 Å². The second-order valence-corrected chi connectivity index (χ2v) is 10.5. The molecule has 1 N–H and O–H groups in total. The van der Waals surface area contributed by atoms with E-state index in [1.807, 2.05) is 84.9 Å². The maximum atomic E-state index is 12.5. The number of hydrogen-bond donors (Lipinski definition) is 1. The van der Waals surface area contributed by atoms with Crippen molar-refractivity contribution in [3.63, 3.8) is 0 Å². The molecule has 9 heteroatoms. The Labute approximate surface area is 249 Å². The van der Waals surface area contributed by atoms with E-state index < -0.39 is 29.6 Å². The van der Waals surface area contributed by atoms with E-state index in [2.05, 4.69) is 9.97 Å². The third-order valence-electron chi connectivity index (χ3n) is 7.94. The first kappa shape index (κ1) is 28.5. The predicted octanol–water partition coefficient (Wildman–Crippen LogP) is 4.61. The molecule has 0 aliphatic carbocycles. The van der Waals surface area contributed by atoms with Gasteiger partial charge in [0.2, 0.25) is 0 Å². The van der Waals surface area contributed by atoms with Gasteiger partial charge < -0.3 is 24.1 Å². The summed E-state index contributed by atoms with van der Waals surface area (Å²) in [5.74, 6) is 1.83. The van der Waals surface area contributed by atoms with Gasteiger partial charge in [0.15, 0.2) is 0 Å². The van der Waals surface area contributed by atoms with Crippen LogP contribution in [0.5, 0.6) is 11.5 Å². The van der Waals surface area contributed by atoms with Gasteiger partial charge in [-0.1, -0.05) is 60.7 Å². The Morgan fingerprint density at radius 1 is 0.860 bits per heavy atom. The molecule has 3 aromatic carbocycles. The zero-order chi connectivity index (χ0) is 30.0. The lowest BCUT2D eigenvalue weighted by molar-refractivity contribution is -0.0826. The van der Waals surface area contributed by atoms with Crippen molar-refractivity contribution >= 4 is 5.65 Å². The van der Waals surface area contributed by atoms with Crippen LogP contribution in [0.2, 0.25) is 0 Å². The minimum absolute atomic E-state index is 0.0867. The number of ether oxygens (including phenoxy) is 4. The predicted molar refractivity (Wildman–Crippen MR) is 160 cm³/mol. The highest BCUT2D eigenvalue weighted by atomic mass is 16.6. The average Bonchev–Trinajstić information content (AvgIpc) is 3.42. The molecule has 2 aromatic heterocycles. The second-order valence-electron chi connectivity index (χ2n) is 10.5. The molecule has 0 spiro atoms. The lowest BCUT2D eigenvalue weighted by Crippen LogP contribution is -2.38. The summed E-state index contributed by atoms with van der Waals surface area (Å²) in [6.07, 6.45) is 0.0278. The van der Waals surface area contributed by atoms with E-state index in [1.165, 1.54) is 4.40 Å². The van der Waals surface area contributed by atoms with E-state index in [9.17, 15) is 9.90 Å². The molecule has 3 heterocycles. The van der Waals surface area contributed by atoms with Crippen LogP contribution in [0, 0.1) is 6.92 Å². The summed E-state index contributed by atoms with van der Waals surface area (Å²) in [4.78, 5) is 20.9. The smallest absolute Gasteiger partial charge is 0.355 e. The molecule has 43 heavy (non-hydrogen) atoms. The van der Waals surface area contributed by atoms with Crippen molar-refractivity contribution in [3.05, 3.63) is 136 Å². The first-order chi connectivity index (χ1) is 20.9. The van der Waals surface area contributed by atoms with Crippen molar-refractivity contribution in [1.82, 2.24) is 14.4 Å². The summed E-state index contributed by atoms with van der Waals surface area (Å²) < 4.78 is 25.7. The van der Waals surface area contributed by atoms with E-state index in [-0.39, 0.29) is 6.61 Å². The quantitative estimate of drug-likeness (QED) is 0.253. The molecule has 0 bridgehead atoms. The number of hydrogen-bond acceptors (Lipinski definition) is 8. The summed E-state index contributed by atoms with van der Waals surface area (Å²) in [7, 11) is 3.27. The van der Waals surface area contributed by atoms with Crippen molar-refractivity contribution in [1.29, 1.82) is 0 Å². The Bertz CT molecular complexity index is 1710. The van der Waals surface area contributed by atoms with Crippen LogP contribution in [0.1, 0.15) is 40.6 Å². The molecule has 220 valence electrons. The normalized spacial score (nSPS) is 18.6. The van der Waals surface area contributed by atoms with Gasteiger partial charge in [0, 0.05) is 18.2 Å². The third-order valence-corrected chi connectivity index (χ3v) is 7.94. The Hall–Kier alpha value is -4.57. The van der Waals surface area contributed by atoms with Crippen molar-refractivity contribution < 1.29 is 24.1 Å². The summed E-state index contributed by atoms with van der Waals surface area (Å²) in [6, 6.07) is 29.2. The Morgan fingerprint density at radius 2 is 1.47 bits per heavy atom. The molecule has 0 radical (unpaired) electrons. The van der Waals surface area contributed by atoms with Gasteiger partial charge in [-0.3, -0.25) is 4.40 Å². The first-order valence-electron chi connectivity index (χ1n) is 14.1. The highest BCUT2D eigenvalue weighted by Crippen LogP contribution is 2.43. The number of aliphatic hydroxyl groups is 1. The molecule has 9 nitrogen and oxygen atoms in total. The van der Waals surface area contributed by atoms with Gasteiger partial charge in [-0.05, 0) is 53.9 Å². The van der Waals surface area contributed by atoms with Gasteiger partial charge in [0.05, 0.1) is 33.0 Å². The number of methoxy groups -OCH3 is 2. The minimum atomic E-state index is -1.04. The molecule has 1 aliphatic heterocycles. The standard InChI is InChI=1S/C34H33N3O6/c1-22-35-32-28(10-7-19-37(32)33(39)36-22)30-20-29(38)31(43-30)21-42-34(23-8-5-4-6-9-23,24-11-15-26(40-2)16-12-24)25-13-17-27(41-3)18-14-25/h4-19,29-31,38H,20-21H2,1-3H3/t29-,30+,31+/m0/s1. The van der Waals surface area contributed by atoms with Crippen LogP contribution in [-0.2, 0) is 15.1 Å². The number of aromatic nitrogens is 3. The SMILES string of the molecule is COc1ccc(C(OC[C@H]2O[C@@H](c3cccn4c(=O)nc(C)nc34)C[C@@H]2O)(c2ccccc2)c2ccc(OC)cc2)cc1. The second kappa shape index (κ2) is 12.0. The molecule has 3 atom stereocenters. The molecule has 1 fully saturated rings. The fourth-order valence-corrected chi connectivity index (χ4v) is 5.77. The van der Waals surface area contributed by atoms with Crippen LogP contribution in [0.4, 0.5) is 0 Å². The van der Waals surface area contributed by atoms with Gasteiger partial charge in [-0.25, -0.2) is 9.78 Å². The van der Waals surface area contributed by atoms with Crippen molar-refractivity contribution in [3.8, 4) is 11.5 Å². The van der Waals surface area contributed by atoms with Gasteiger partial charge >= 0.3 is 5.69 Å². The zero-order valence-corrected chi connectivity index (χ0v) is 24.2. The van der Waals surface area contributed by atoms with Crippen LogP contribution in [0.3, 0.4) is 0 Å². The lowest BCUT2D eigenvalue weighted by atomic mass is 9.80. The largest absolute Gasteiger partial charge is 0.497 e. The maximum absolute atomic E-state index is 12.5. The number of aryl methyl sites for hydroxylation is 1. The first-order valence-corrected chi connectivity index (χ1v) is 14.1. The van der Waals surface area contributed by atoms with E-state index in [0.717, 1.165) is 28.2 Å². The molecule has 1 aliphatic rings. The lowest BCUT2D eigenvalue weighted by Gasteiger charge is -2.37. The summed E-state index contributed by atoms with van der Waals surface area (Å²) in [5.41, 5.74) is 2.41. The van der Waals surface area contributed by atoms with Crippen LogP contribution in [0.15, 0.2) is 102 Å². The molecule has 5 aromatic rings. The fourth-order valence-electron chi connectivity index (χ4n) is 5.77. The number of rotatable bonds is 9. The summed E-state index contributed by atoms with van der Waals surface area (Å²) in [6.45, 7) is 1.77. The number of aliphatic hydroxyl groups excluding tert-OH is 1. The van der Waals surface area contributed by atoms with Gasteiger partial charge in [-0.15, -0.1) is 0 Å². The Balaban J connectivity index is 1.38. The molecule has 0 unspecified atom stereocenters. The topological polar surface area (TPSA) is 104 Å². The number of fused-ring (bicyclic) bond motifs is 1. The molecular weight excluding hydrogens is 546 g/mol. The van der Waals surface area contributed by atoms with Crippen LogP contribution in [-0.4, -0.2) is 52.5 Å². The summed E-state index contributed by atoms with van der Waals surface area (Å²) in [5, 5.41) is 11.2. The maximum Gasteiger partial charge on any atom is 0.355 e. The average molecular weight is 580 g/mol. The van der Waals surface area contributed by atoms with Gasteiger partial charge in [-0.2, -0.15) is 4.98 Å². The summed E-state index contributed by atoms with van der Waals surface area (Å²) >= 11 is 0. The Kier molecular flexibility index (Phi) is 7.94. The number of benzene rings is 3. The van der Waals surface area contributed by atoms with Crippen LogP contribution >= 0.6 is 0 Å². The van der Waals surface area contributed by atoms with E-state index in [1.54, 1.807) is 33.4 Å². The fraction of sp³-hybridized carbons (Fsp3) is 0.265. The number of pyridine rings is 1. The van der Waals surface area contributed by atoms with E-state index in [0.29, 0.717) is 23.5 Å². The molecule has 1 saturated heterocycles. The van der Waals surface area contributed by atoms with Crippen LogP contribution in [0.25, 0.3) is 5.65 Å². The minimum Gasteiger partial charge on any atom is -0.497 e. The molecular formula is C34H33N3O6. The third kappa shape index (κ3) is 5.38. The van der Waals surface area contributed by atoms with Crippen molar-refractivity contribution in [2.75, 3.05) is 20.8 Å². The molecule has 0 saturated carbocycles. The van der Waals surface area contributed by atoms with E-state index in [4.69, 9.17) is 18.9 Å². The zero-order valence-electron chi connectivity index (χ0n) is 24.2. The van der Waals surface area contributed by atoms with Crippen molar-refractivity contribution in [2.45, 2.75) is 37.3 Å². The highest BCUT2D eigenvalue weighted by Gasteiger charge is 2.42.